The predicted octanol–water partition coefficient (Wildman–Crippen LogP) is 10.9. The summed E-state index contributed by atoms with van der Waals surface area (Å²) < 4.78 is 0. The van der Waals surface area contributed by atoms with Crippen LogP contribution < -0.4 is 0 Å². The van der Waals surface area contributed by atoms with Crippen molar-refractivity contribution in [1.29, 1.82) is 0 Å². The number of hydrogen-bond donors (Lipinski definition) is 0. The minimum Gasteiger partial charge on any atom is -0.290 e. The molecule has 0 bridgehead atoms. The van der Waals surface area contributed by atoms with Crippen molar-refractivity contribution in [3.63, 3.8) is 0 Å². The van der Waals surface area contributed by atoms with Crippen LogP contribution in [0.3, 0.4) is 0 Å². The van der Waals surface area contributed by atoms with Gasteiger partial charge in [-0.3, -0.25) is 29.7 Å². The Morgan fingerprint density at radius 2 is 0.596 bits per heavy atom. The summed E-state index contributed by atoms with van der Waals surface area (Å²) in [5.74, 6) is 0. The fraction of sp³-hybridized carbons (Fsp3) is 0.565. The molecule has 4 heterocycles. The molecule has 52 heavy (non-hydrogen) atoms. The molecule has 4 aromatic heterocycles. The minimum atomic E-state index is 0.790. The van der Waals surface area contributed by atoms with Crippen molar-refractivity contribution in [2.45, 2.75) is 157 Å². The number of aromatic nitrogens is 4. The van der Waals surface area contributed by atoms with Crippen LogP contribution >= 0.6 is 0 Å². The fourth-order valence-electron chi connectivity index (χ4n) is 6.73. The van der Waals surface area contributed by atoms with E-state index in [0.717, 1.165) is 87.7 Å². The molecule has 0 unspecified atom stereocenters. The van der Waals surface area contributed by atoms with Gasteiger partial charge >= 0.3 is 0 Å². The van der Waals surface area contributed by atoms with Crippen LogP contribution in [0.5, 0.6) is 0 Å². The van der Waals surface area contributed by atoms with Crippen LogP contribution in [0.4, 0.5) is 0 Å². The van der Waals surface area contributed by atoms with Gasteiger partial charge in [0.2, 0.25) is 0 Å². The summed E-state index contributed by atoms with van der Waals surface area (Å²) in [7, 11) is 0. The van der Waals surface area contributed by atoms with Gasteiger partial charge in [0.15, 0.2) is 0 Å². The molecule has 6 heteroatoms. The smallest absolute Gasteiger partial charge is 0.0544 e. The Hall–Kier alpha value is -3.48. The lowest BCUT2D eigenvalue weighted by Gasteiger charge is -2.27. The van der Waals surface area contributed by atoms with E-state index < -0.39 is 0 Å². The molecule has 0 aromatic carbocycles. The largest absolute Gasteiger partial charge is 0.290 e. The molecular weight excluding hydrogens is 637 g/mol. The van der Waals surface area contributed by atoms with E-state index in [1.807, 2.05) is 0 Å². The highest BCUT2D eigenvalue weighted by atomic mass is 15.2. The van der Waals surface area contributed by atoms with E-state index in [1.54, 1.807) is 0 Å². The highest BCUT2D eigenvalue weighted by molar-refractivity contribution is 5.18. The third-order valence-electron chi connectivity index (χ3n) is 10.1. The number of unbranched alkanes of at least 4 members (excludes halogenated alkanes) is 8. The number of rotatable bonds is 27. The first-order chi connectivity index (χ1) is 25.6. The zero-order valence-corrected chi connectivity index (χ0v) is 33.2. The van der Waals surface area contributed by atoms with Gasteiger partial charge in [0.05, 0.1) is 22.8 Å². The maximum atomic E-state index is 4.93. The molecule has 4 rings (SSSR count). The van der Waals surface area contributed by atoms with Gasteiger partial charge in [-0.25, -0.2) is 0 Å². The molecule has 282 valence electrons. The number of pyridine rings is 4. The lowest BCUT2D eigenvalue weighted by Crippen LogP contribution is -2.35. The average Bonchev–Trinajstić information content (AvgIpc) is 3.17. The highest BCUT2D eigenvalue weighted by Gasteiger charge is 2.15. The van der Waals surface area contributed by atoms with E-state index in [1.165, 1.54) is 99.3 Å². The van der Waals surface area contributed by atoms with Crippen LogP contribution in [-0.4, -0.2) is 42.8 Å². The summed E-state index contributed by atoms with van der Waals surface area (Å²) >= 11 is 0. The predicted molar refractivity (Wildman–Crippen MR) is 218 cm³/mol. The molecule has 0 spiro atoms. The summed E-state index contributed by atoms with van der Waals surface area (Å²) in [5, 5.41) is 0. The van der Waals surface area contributed by atoms with Gasteiger partial charge in [-0.15, -0.1) is 0 Å². The third kappa shape index (κ3) is 16.0. The molecule has 6 nitrogen and oxygen atoms in total. The molecular formula is C46H68N6. The van der Waals surface area contributed by atoms with Crippen LogP contribution in [0, 0.1) is 0 Å². The Balaban J connectivity index is 1.49. The molecule has 0 aliphatic carbocycles. The SMILES string of the molecule is CCCCCc1ccc(CN(CCN(Cc2ccc(CCCCC)cn2)Cc2ccc(CCCCC)cn2)Cc2ccc(CCCCC)cn2)nc1. The van der Waals surface area contributed by atoms with E-state index >= 15 is 0 Å². The maximum absolute atomic E-state index is 4.93. The topological polar surface area (TPSA) is 58.0 Å². The lowest BCUT2D eigenvalue weighted by atomic mass is 10.1. The van der Waals surface area contributed by atoms with Gasteiger partial charge < -0.3 is 0 Å². The summed E-state index contributed by atoms with van der Waals surface area (Å²) in [6.07, 6.45) is 27.8. The number of nitrogens with zero attached hydrogens (tertiary/aromatic N) is 6. The summed E-state index contributed by atoms with van der Waals surface area (Å²) in [5.41, 5.74) is 9.80. The zero-order chi connectivity index (χ0) is 36.6. The van der Waals surface area contributed by atoms with E-state index in [9.17, 15) is 0 Å². The second-order valence-electron chi connectivity index (χ2n) is 14.9. The van der Waals surface area contributed by atoms with Gasteiger partial charge in [0.1, 0.15) is 0 Å². The number of aryl methyl sites for hydroxylation is 4. The molecule has 0 N–H and O–H groups in total. The van der Waals surface area contributed by atoms with E-state index in [4.69, 9.17) is 19.9 Å². The van der Waals surface area contributed by atoms with Crippen molar-refractivity contribution in [3.8, 4) is 0 Å². The normalized spacial score (nSPS) is 11.6. The van der Waals surface area contributed by atoms with E-state index in [0.29, 0.717) is 0 Å². The minimum absolute atomic E-state index is 0.790. The van der Waals surface area contributed by atoms with Gasteiger partial charge in [-0.05, 0) is 97.9 Å². The van der Waals surface area contributed by atoms with Crippen LogP contribution in [0.15, 0.2) is 73.3 Å². The van der Waals surface area contributed by atoms with Gasteiger partial charge in [-0.2, -0.15) is 0 Å². The molecule has 0 radical (unpaired) electrons. The molecule has 0 amide bonds. The van der Waals surface area contributed by atoms with Crippen molar-refractivity contribution in [1.82, 2.24) is 29.7 Å². The molecule has 0 aliphatic heterocycles. The van der Waals surface area contributed by atoms with Crippen LogP contribution in [0.1, 0.15) is 150 Å². The third-order valence-corrected chi connectivity index (χ3v) is 10.1. The first-order valence-electron chi connectivity index (χ1n) is 20.8. The van der Waals surface area contributed by atoms with Gasteiger partial charge in [-0.1, -0.05) is 103 Å². The van der Waals surface area contributed by atoms with Crippen molar-refractivity contribution >= 4 is 0 Å². The standard InChI is InChI=1S/C46H68N6/c1-5-9-13-17-39-21-25-43(47-31-39)35-51(36-44-26-22-40(32-48-44)18-14-10-6-2)29-30-52(37-45-27-23-41(33-49-45)19-15-11-7-3)38-46-28-24-42(34-50-46)20-16-12-8-4/h21-28,31-34H,5-20,29-30,35-38H2,1-4H3. The molecule has 4 aromatic rings. The van der Waals surface area contributed by atoms with Gasteiger partial charge in [0.25, 0.3) is 0 Å². The second-order valence-corrected chi connectivity index (χ2v) is 14.9. The molecule has 0 atom stereocenters. The second kappa shape index (κ2) is 24.7. The Labute approximate surface area is 316 Å². The molecule has 0 aliphatic rings. The number of hydrogen-bond acceptors (Lipinski definition) is 6. The average molecular weight is 705 g/mol. The molecule has 0 saturated carbocycles. The van der Waals surface area contributed by atoms with E-state index in [2.05, 4.69) is 111 Å². The van der Waals surface area contributed by atoms with Gasteiger partial charge in [0, 0.05) is 64.1 Å². The van der Waals surface area contributed by atoms with Crippen molar-refractivity contribution < 1.29 is 0 Å². The van der Waals surface area contributed by atoms with Crippen LogP contribution in [0.25, 0.3) is 0 Å². The zero-order valence-electron chi connectivity index (χ0n) is 33.2. The van der Waals surface area contributed by atoms with Crippen molar-refractivity contribution in [2.24, 2.45) is 0 Å². The highest BCUT2D eigenvalue weighted by Crippen LogP contribution is 2.16. The maximum Gasteiger partial charge on any atom is 0.0544 e. The lowest BCUT2D eigenvalue weighted by molar-refractivity contribution is 0.178. The first kappa shape index (κ1) is 41.3. The molecule has 0 saturated heterocycles. The Kier molecular flexibility index (Phi) is 19.6. The summed E-state index contributed by atoms with van der Waals surface area (Å²) in [4.78, 5) is 24.8. The molecule has 0 fully saturated rings. The monoisotopic (exact) mass is 705 g/mol. The van der Waals surface area contributed by atoms with Crippen molar-refractivity contribution in [2.75, 3.05) is 13.1 Å². The van der Waals surface area contributed by atoms with Crippen molar-refractivity contribution in [3.05, 3.63) is 118 Å². The fourth-order valence-corrected chi connectivity index (χ4v) is 6.73. The summed E-state index contributed by atoms with van der Waals surface area (Å²) in [6.45, 7) is 14.0. The van der Waals surface area contributed by atoms with Crippen LogP contribution in [-0.2, 0) is 51.9 Å². The quantitative estimate of drug-likeness (QED) is 0.0576. The Morgan fingerprint density at radius 1 is 0.346 bits per heavy atom. The van der Waals surface area contributed by atoms with E-state index in [-0.39, 0.29) is 0 Å². The van der Waals surface area contributed by atoms with Crippen LogP contribution in [0.2, 0.25) is 0 Å². The first-order valence-corrected chi connectivity index (χ1v) is 20.8. The summed E-state index contributed by atoms with van der Waals surface area (Å²) in [6, 6.07) is 18.0. The Bertz CT molecular complexity index is 1240. The Morgan fingerprint density at radius 3 is 0.788 bits per heavy atom.